The van der Waals surface area contributed by atoms with Gasteiger partial charge in [0.15, 0.2) is 0 Å². The molecule has 0 aliphatic carbocycles. The lowest BCUT2D eigenvalue weighted by Gasteiger charge is -2.29. The first kappa shape index (κ1) is 18.8. The van der Waals surface area contributed by atoms with E-state index in [1.807, 2.05) is 22.9 Å². The fourth-order valence-electron chi connectivity index (χ4n) is 3.22. The molecule has 0 radical (unpaired) electrons. The molecule has 3 rings (SSSR count). The Balaban J connectivity index is 1.55. The second-order valence-electron chi connectivity index (χ2n) is 7.22. The van der Waals surface area contributed by atoms with E-state index in [2.05, 4.69) is 61.4 Å². The molecule has 1 unspecified atom stereocenters. The third-order valence-electron chi connectivity index (χ3n) is 4.40. The average Bonchev–Trinajstić information content (AvgIpc) is 3.26. The summed E-state index contributed by atoms with van der Waals surface area (Å²) in [6.45, 7) is 6.51. The second-order valence-corrected chi connectivity index (χ2v) is 9.03. The fourth-order valence-corrected chi connectivity index (χ4v) is 4.85. The van der Waals surface area contributed by atoms with Gasteiger partial charge in [0.2, 0.25) is 5.91 Å². The molecule has 0 aliphatic heterocycles. The number of aromatic nitrogens is 1. The number of benzene rings is 1. The van der Waals surface area contributed by atoms with Gasteiger partial charge in [-0.15, -0.1) is 22.7 Å². The van der Waals surface area contributed by atoms with Gasteiger partial charge in [-0.2, -0.15) is 0 Å². The zero-order valence-electron chi connectivity index (χ0n) is 15.4. The summed E-state index contributed by atoms with van der Waals surface area (Å²) < 4.78 is 0. The van der Waals surface area contributed by atoms with Crippen molar-refractivity contribution in [1.82, 2.24) is 10.3 Å². The number of nitrogens with zero attached hydrogens (tertiary/aromatic N) is 1. The molecule has 1 N–H and O–H groups in total. The van der Waals surface area contributed by atoms with Gasteiger partial charge in [0.1, 0.15) is 5.01 Å². The van der Waals surface area contributed by atoms with E-state index in [4.69, 9.17) is 0 Å². The number of rotatable bonds is 7. The first-order valence-electron chi connectivity index (χ1n) is 8.77. The molecule has 0 saturated heterocycles. The van der Waals surface area contributed by atoms with Gasteiger partial charge in [0, 0.05) is 11.4 Å². The minimum absolute atomic E-state index is 0.0148. The second kappa shape index (κ2) is 8.14. The zero-order valence-corrected chi connectivity index (χ0v) is 17.0. The predicted molar refractivity (Wildman–Crippen MR) is 111 cm³/mol. The van der Waals surface area contributed by atoms with Gasteiger partial charge >= 0.3 is 0 Å². The lowest BCUT2D eigenvalue weighted by molar-refractivity contribution is -0.121. The third kappa shape index (κ3) is 4.80. The highest BCUT2D eigenvalue weighted by Crippen LogP contribution is 2.29. The molecule has 3 nitrogen and oxygen atoms in total. The first-order chi connectivity index (χ1) is 12.4. The Kier molecular flexibility index (Phi) is 5.89. The van der Waals surface area contributed by atoms with E-state index in [-0.39, 0.29) is 17.4 Å². The van der Waals surface area contributed by atoms with E-state index in [1.54, 1.807) is 22.7 Å². The molecule has 0 spiro atoms. The summed E-state index contributed by atoms with van der Waals surface area (Å²) in [4.78, 5) is 18.1. The van der Waals surface area contributed by atoms with Gasteiger partial charge in [-0.05, 0) is 35.8 Å². The van der Waals surface area contributed by atoms with Crippen molar-refractivity contribution < 1.29 is 4.79 Å². The van der Waals surface area contributed by atoms with Crippen LogP contribution in [0.3, 0.4) is 0 Å². The van der Waals surface area contributed by atoms with Crippen molar-refractivity contribution in [2.75, 3.05) is 0 Å². The lowest BCUT2D eigenvalue weighted by atomic mass is 9.79. The van der Waals surface area contributed by atoms with Crippen LogP contribution in [0.5, 0.6) is 0 Å². The smallest absolute Gasteiger partial charge is 0.226 e. The Hall–Kier alpha value is -1.98. The SMILES string of the molecule is CC(CC(C)(C)c1ccccc1)NC(=O)Cc1csc(-c2cccs2)n1. The minimum Gasteiger partial charge on any atom is -0.353 e. The number of hydrogen-bond donors (Lipinski definition) is 1. The van der Waals surface area contributed by atoms with Gasteiger partial charge in [0.05, 0.1) is 17.0 Å². The standard InChI is InChI=1S/C21H24N2OS2/c1-15(13-21(2,3)16-8-5-4-6-9-16)22-19(24)12-17-14-26-20(23-17)18-10-7-11-25-18/h4-11,14-15H,12-13H2,1-3H3,(H,22,24). The molecule has 0 fully saturated rings. The number of carbonyl (C=O) groups is 1. The van der Waals surface area contributed by atoms with Crippen LogP contribution in [-0.4, -0.2) is 16.9 Å². The van der Waals surface area contributed by atoms with Crippen molar-refractivity contribution in [3.05, 3.63) is 64.5 Å². The number of amides is 1. The van der Waals surface area contributed by atoms with Gasteiger partial charge in [-0.1, -0.05) is 50.2 Å². The predicted octanol–water partition coefficient (Wildman–Crippen LogP) is 5.29. The Labute approximate surface area is 163 Å². The maximum Gasteiger partial charge on any atom is 0.226 e. The quantitative estimate of drug-likeness (QED) is 0.601. The minimum atomic E-state index is 0.0148. The molecule has 1 atom stereocenters. The molecule has 2 aromatic heterocycles. The lowest BCUT2D eigenvalue weighted by Crippen LogP contribution is -2.38. The van der Waals surface area contributed by atoms with Crippen LogP contribution in [0.15, 0.2) is 53.2 Å². The molecule has 0 bridgehead atoms. The van der Waals surface area contributed by atoms with E-state index in [0.717, 1.165) is 22.0 Å². The Morgan fingerprint density at radius 3 is 2.62 bits per heavy atom. The van der Waals surface area contributed by atoms with Crippen LogP contribution in [0.1, 0.15) is 38.4 Å². The summed E-state index contributed by atoms with van der Waals surface area (Å²) in [6.07, 6.45) is 1.22. The maximum absolute atomic E-state index is 12.4. The van der Waals surface area contributed by atoms with Crippen molar-refractivity contribution in [2.24, 2.45) is 0 Å². The first-order valence-corrected chi connectivity index (χ1v) is 10.5. The van der Waals surface area contributed by atoms with Crippen LogP contribution in [0.4, 0.5) is 0 Å². The van der Waals surface area contributed by atoms with Crippen molar-refractivity contribution in [3.8, 4) is 9.88 Å². The van der Waals surface area contributed by atoms with Gasteiger partial charge in [-0.3, -0.25) is 4.79 Å². The molecule has 136 valence electrons. The molecule has 3 aromatic rings. The van der Waals surface area contributed by atoms with Crippen molar-refractivity contribution in [1.29, 1.82) is 0 Å². The van der Waals surface area contributed by atoms with Crippen LogP contribution in [0.25, 0.3) is 9.88 Å². The third-order valence-corrected chi connectivity index (χ3v) is 6.33. The fraction of sp³-hybridized carbons (Fsp3) is 0.333. The van der Waals surface area contributed by atoms with Crippen molar-refractivity contribution in [3.63, 3.8) is 0 Å². The monoisotopic (exact) mass is 384 g/mol. The van der Waals surface area contributed by atoms with Gasteiger partial charge in [0.25, 0.3) is 0 Å². The Morgan fingerprint density at radius 2 is 1.92 bits per heavy atom. The zero-order chi connectivity index (χ0) is 18.6. The highest BCUT2D eigenvalue weighted by molar-refractivity contribution is 7.20. The number of nitrogens with one attached hydrogen (secondary N) is 1. The summed E-state index contributed by atoms with van der Waals surface area (Å²) in [5, 5.41) is 8.13. The topological polar surface area (TPSA) is 42.0 Å². The molecule has 0 saturated carbocycles. The van der Waals surface area contributed by atoms with Crippen LogP contribution in [-0.2, 0) is 16.6 Å². The van der Waals surface area contributed by atoms with Crippen LogP contribution in [0, 0.1) is 0 Å². The molecular weight excluding hydrogens is 360 g/mol. The van der Waals surface area contributed by atoms with Gasteiger partial charge in [-0.25, -0.2) is 4.98 Å². The molecule has 0 aliphatic rings. The summed E-state index contributed by atoms with van der Waals surface area (Å²) in [5.74, 6) is 0.0318. The summed E-state index contributed by atoms with van der Waals surface area (Å²) in [7, 11) is 0. The maximum atomic E-state index is 12.4. The Morgan fingerprint density at radius 1 is 1.15 bits per heavy atom. The highest BCUT2D eigenvalue weighted by Gasteiger charge is 2.24. The Bertz CT molecular complexity index is 838. The molecule has 26 heavy (non-hydrogen) atoms. The molecular formula is C21H24N2OS2. The highest BCUT2D eigenvalue weighted by atomic mass is 32.1. The molecule has 5 heteroatoms. The summed E-state index contributed by atoms with van der Waals surface area (Å²) in [5.41, 5.74) is 2.15. The number of thiazole rings is 1. The van der Waals surface area contributed by atoms with E-state index >= 15 is 0 Å². The summed E-state index contributed by atoms with van der Waals surface area (Å²) >= 11 is 3.27. The van der Waals surface area contributed by atoms with E-state index in [9.17, 15) is 4.79 Å². The largest absolute Gasteiger partial charge is 0.353 e. The molecule has 2 heterocycles. The van der Waals surface area contributed by atoms with E-state index in [0.29, 0.717) is 6.42 Å². The van der Waals surface area contributed by atoms with E-state index < -0.39 is 0 Å². The van der Waals surface area contributed by atoms with Crippen molar-refractivity contribution >= 4 is 28.6 Å². The van der Waals surface area contributed by atoms with E-state index in [1.165, 1.54) is 5.56 Å². The van der Waals surface area contributed by atoms with Crippen LogP contribution in [0.2, 0.25) is 0 Å². The molecule has 1 amide bonds. The van der Waals surface area contributed by atoms with Crippen molar-refractivity contribution in [2.45, 2.75) is 45.1 Å². The number of hydrogen-bond acceptors (Lipinski definition) is 4. The number of carbonyl (C=O) groups excluding carboxylic acids is 1. The van der Waals surface area contributed by atoms with Gasteiger partial charge < -0.3 is 5.32 Å². The average molecular weight is 385 g/mol. The summed E-state index contributed by atoms with van der Waals surface area (Å²) in [6, 6.07) is 14.6. The van der Waals surface area contributed by atoms with Crippen LogP contribution >= 0.6 is 22.7 Å². The number of thiophene rings is 1. The normalized spacial score (nSPS) is 12.7. The van der Waals surface area contributed by atoms with Crippen LogP contribution < -0.4 is 5.32 Å². The molecule has 1 aromatic carbocycles.